The molecule has 2 aliphatic carbocycles. The lowest BCUT2D eigenvalue weighted by Gasteiger charge is -2.70. The molecule has 2 fully saturated rings. The van der Waals surface area contributed by atoms with Crippen molar-refractivity contribution in [3.05, 3.63) is 0 Å². The topological polar surface area (TPSA) is 0 Å². The second-order valence-electron chi connectivity index (χ2n) is 8.19. The molecule has 0 N–H and O–H groups in total. The summed E-state index contributed by atoms with van der Waals surface area (Å²) in [4.78, 5) is 0. The average Bonchev–Trinajstić information content (AvgIpc) is 2.00. The van der Waals surface area contributed by atoms with Crippen molar-refractivity contribution in [3.63, 3.8) is 0 Å². The molecular formula is C15H28. The van der Waals surface area contributed by atoms with E-state index in [-0.39, 0.29) is 0 Å². The second-order valence-corrected chi connectivity index (χ2v) is 8.19. The van der Waals surface area contributed by atoms with Gasteiger partial charge in [-0.2, -0.15) is 0 Å². The maximum atomic E-state index is 2.50. The Morgan fingerprint density at radius 1 is 0.600 bits per heavy atom. The molecule has 0 heterocycles. The molecule has 15 heavy (non-hydrogen) atoms. The minimum Gasteiger partial charge on any atom is -0.0599 e. The van der Waals surface area contributed by atoms with Crippen molar-refractivity contribution in [3.8, 4) is 0 Å². The third kappa shape index (κ3) is 1.40. The van der Waals surface area contributed by atoms with Gasteiger partial charge in [-0.1, -0.05) is 41.5 Å². The van der Waals surface area contributed by atoms with Gasteiger partial charge in [0.1, 0.15) is 0 Å². The molecule has 0 aliphatic heterocycles. The van der Waals surface area contributed by atoms with Crippen LogP contribution in [0.25, 0.3) is 0 Å². The summed E-state index contributed by atoms with van der Waals surface area (Å²) in [6.07, 6.45) is 7.19. The molecule has 0 atom stereocenters. The summed E-state index contributed by atoms with van der Waals surface area (Å²) in [7, 11) is 0. The zero-order valence-corrected chi connectivity index (χ0v) is 11.5. The van der Waals surface area contributed by atoms with Gasteiger partial charge in [0.25, 0.3) is 0 Å². The van der Waals surface area contributed by atoms with E-state index in [1.54, 1.807) is 0 Å². The fourth-order valence-corrected chi connectivity index (χ4v) is 4.96. The Hall–Kier alpha value is 0. The van der Waals surface area contributed by atoms with Gasteiger partial charge in [0.05, 0.1) is 0 Å². The highest BCUT2D eigenvalue weighted by atomic mass is 14.7. The Morgan fingerprint density at radius 2 is 1.00 bits per heavy atom. The summed E-state index contributed by atoms with van der Waals surface area (Å²) >= 11 is 0. The van der Waals surface area contributed by atoms with Crippen LogP contribution in [0.3, 0.4) is 0 Å². The van der Waals surface area contributed by atoms with Gasteiger partial charge in [-0.15, -0.1) is 0 Å². The van der Waals surface area contributed by atoms with Gasteiger partial charge in [-0.25, -0.2) is 0 Å². The lowest BCUT2D eigenvalue weighted by molar-refractivity contribution is -0.212. The Labute approximate surface area is 95.8 Å². The highest BCUT2D eigenvalue weighted by molar-refractivity contribution is 5.14. The first-order chi connectivity index (χ1) is 6.62. The lowest BCUT2D eigenvalue weighted by Crippen LogP contribution is -2.62. The highest BCUT2D eigenvalue weighted by Crippen LogP contribution is 2.74. The van der Waals surface area contributed by atoms with Gasteiger partial charge in [-0.3, -0.25) is 0 Å². The minimum absolute atomic E-state index is 0.590. The number of hydrogen-bond donors (Lipinski definition) is 0. The largest absolute Gasteiger partial charge is 0.0599 e. The Bertz CT molecular complexity index is 242. The van der Waals surface area contributed by atoms with Crippen molar-refractivity contribution in [1.82, 2.24) is 0 Å². The van der Waals surface area contributed by atoms with Crippen LogP contribution in [0.5, 0.6) is 0 Å². The minimum atomic E-state index is 0.590. The molecule has 0 heteroatoms. The first-order valence-corrected chi connectivity index (χ1v) is 6.62. The fraction of sp³-hybridized carbons (Fsp3) is 1.00. The number of rotatable bonds is 0. The van der Waals surface area contributed by atoms with E-state index in [2.05, 4.69) is 41.5 Å². The molecule has 0 bridgehead atoms. The van der Waals surface area contributed by atoms with Crippen molar-refractivity contribution >= 4 is 0 Å². The molecule has 0 unspecified atom stereocenters. The van der Waals surface area contributed by atoms with Crippen molar-refractivity contribution in [2.24, 2.45) is 21.7 Å². The van der Waals surface area contributed by atoms with Crippen LogP contribution in [-0.2, 0) is 0 Å². The van der Waals surface area contributed by atoms with Crippen molar-refractivity contribution in [2.45, 2.75) is 73.6 Å². The van der Waals surface area contributed by atoms with Crippen molar-refractivity contribution < 1.29 is 0 Å². The third-order valence-corrected chi connectivity index (χ3v) is 5.93. The molecule has 0 aromatic heterocycles. The van der Waals surface area contributed by atoms with Gasteiger partial charge in [-0.05, 0) is 53.8 Å². The van der Waals surface area contributed by atoms with E-state index in [9.17, 15) is 0 Å². The Morgan fingerprint density at radius 3 is 1.33 bits per heavy atom. The molecule has 2 aliphatic rings. The third-order valence-electron chi connectivity index (χ3n) is 5.93. The predicted octanol–water partition coefficient (Wildman–Crippen LogP) is 5.03. The van der Waals surface area contributed by atoms with Crippen LogP contribution in [0.15, 0.2) is 0 Å². The zero-order chi connectivity index (χ0) is 11.5. The molecular weight excluding hydrogens is 180 g/mol. The average molecular weight is 208 g/mol. The van der Waals surface area contributed by atoms with E-state index in [0.29, 0.717) is 21.7 Å². The SMILES string of the molecule is CC1(C)CCC2(CC1)C(C)(C)CC2(C)C. The summed E-state index contributed by atoms with van der Waals surface area (Å²) in [5.41, 5.74) is 2.43. The van der Waals surface area contributed by atoms with Crippen molar-refractivity contribution in [1.29, 1.82) is 0 Å². The normalized spacial score (nSPS) is 34.8. The van der Waals surface area contributed by atoms with E-state index < -0.39 is 0 Å². The van der Waals surface area contributed by atoms with E-state index in [1.165, 1.54) is 32.1 Å². The Kier molecular flexibility index (Phi) is 2.15. The van der Waals surface area contributed by atoms with Crippen molar-refractivity contribution in [2.75, 3.05) is 0 Å². The zero-order valence-electron chi connectivity index (χ0n) is 11.5. The highest BCUT2D eigenvalue weighted by Gasteiger charge is 2.65. The molecule has 0 aromatic rings. The molecule has 0 saturated heterocycles. The molecule has 0 aromatic carbocycles. The molecule has 2 saturated carbocycles. The molecule has 1 spiro atoms. The van der Waals surface area contributed by atoms with Crippen LogP contribution < -0.4 is 0 Å². The molecule has 0 radical (unpaired) electrons. The van der Waals surface area contributed by atoms with E-state index in [1.807, 2.05) is 0 Å². The van der Waals surface area contributed by atoms with Gasteiger partial charge >= 0.3 is 0 Å². The van der Waals surface area contributed by atoms with E-state index in [4.69, 9.17) is 0 Å². The van der Waals surface area contributed by atoms with Crippen LogP contribution in [-0.4, -0.2) is 0 Å². The maximum absolute atomic E-state index is 2.50. The van der Waals surface area contributed by atoms with Gasteiger partial charge in [0.15, 0.2) is 0 Å². The van der Waals surface area contributed by atoms with Crippen LogP contribution in [0.2, 0.25) is 0 Å². The smallest absolute Gasteiger partial charge is 0.0194 e. The second kappa shape index (κ2) is 2.81. The predicted molar refractivity (Wildman–Crippen MR) is 66.9 cm³/mol. The summed E-state index contributed by atoms with van der Waals surface area (Å²) < 4.78 is 0. The lowest BCUT2D eigenvalue weighted by atomic mass is 9.34. The summed E-state index contributed by atoms with van der Waals surface area (Å²) in [5.74, 6) is 0. The molecule has 0 amide bonds. The van der Waals surface area contributed by atoms with Crippen LogP contribution in [0.4, 0.5) is 0 Å². The van der Waals surface area contributed by atoms with Gasteiger partial charge in [0.2, 0.25) is 0 Å². The molecule has 88 valence electrons. The monoisotopic (exact) mass is 208 g/mol. The van der Waals surface area contributed by atoms with E-state index >= 15 is 0 Å². The van der Waals surface area contributed by atoms with Crippen LogP contribution in [0.1, 0.15) is 73.6 Å². The molecule has 0 nitrogen and oxygen atoms in total. The standard InChI is InChI=1S/C15H28/c1-12(2)7-9-15(10-8-12)13(3,4)11-14(15,5)6/h7-11H2,1-6H3. The summed E-state index contributed by atoms with van der Waals surface area (Å²) in [6.45, 7) is 14.9. The molecule has 2 rings (SSSR count). The first-order valence-electron chi connectivity index (χ1n) is 6.62. The van der Waals surface area contributed by atoms with E-state index in [0.717, 1.165) is 0 Å². The Balaban J connectivity index is 2.21. The van der Waals surface area contributed by atoms with Crippen LogP contribution in [0, 0.1) is 21.7 Å². The number of hydrogen-bond acceptors (Lipinski definition) is 0. The first kappa shape index (κ1) is 11.5. The fourth-order valence-electron chi connectivity index (χ4n) is 4.96. The quantitative estimate of drug-likeness (QED) is 0.524. The van der Waals surface area contributed by atoms with Gasteiger partial charge in [0, 0.05) is 0 Å². The summed E-state index contributed by atoms with van der Waals surface area (Å²) in [5, 5.41) is 0. The summed E-state index contributed by atoms with van der Waals surface area (Å²) in [6, 6.07) is 0. The maximum Gasteiger partial charge on any atom is -0.0194 e. The van der Waals surface area contributed by atoms with Gasteiger partial charge < -0.3 is 0 Å². The van der Waals surface area contributed by atoms with Crippen LogP contribution >= 0.6 is 0 Å².